The second-order valence-electron chi connectivity index (χ2n) is 3.94. The zero-order valence-electron chi connectivity index (χ0n) is 8.99. The van der Waals surface area contributed by atoms with Gasteiger partial charge in [0.15, 0.2) is 0 Å². The summed E-state index contributed by atoms with van der Waals surface area (Å²) in [5.74, 6) is -0.458. The second-order valence-corrected chi connectivity index (χ2v) is 3.94. The molecular weight excluding hydrogens is 204 g/mol. The average Bonchev–Trinajstić information content (AvgIpc) is 3.09. The number of nitrogen functional groups attached to an aromatic ring is 1. The Bertz CT molecular complexity index is 484. The van der Waals surface area contributed by atoms with Gasteiger partial charge in [0.05, 0.1) is 12.7 Å². The van der Waals surface area contributed by atoms with Gasteiger partial charge in [-0.05, 0) is 18.2 Å². The molecule has 4 nitrogen and oxygen atoms in total. The molecule has 0 heterocycles. The van der Waals surface area contributed by atoms with E-state index in [1.54, 1.807) is 12.1 Å². The summed E-state index contributed by atoms with van der Waals surface area (Å²) in [5, 5.41) is 0. The molecule has 1 saturated carbocycles. The van der Waals surface area contributed by atoms with Gasteiger partial charge < -0.3 is 15.3 Å². The number of anilines is 1. The molecule has 2 rings (SSSR count). The van der Waals surface area contributed by atoms with Crippen LogP contribution in [0.15, 0.2) is 18.2 Å². The molecule has 0 amide bonds. The Morgan fingerprint density at radius 3 is 2.75 bits per heavy atom. The first kappa shape index (κ1) is 10.5. The van der Waals surface area contributed by atoms with E-state index in [2.05, 4.69) is 9.58 Å². The van der Waals surface area contributed by atoms with Crippen molar-refractivity contribution in [2.45, 2.75) is 18.4 Å². The first-order valence-electron chi connectivity index (χ1n) is 5.00. The van der Waals surface area contributed by atoms with Crippen LogP contribution in [-0.2, 0) is 10.3 Å². The van der Waals surface area contributed by atoms with Crippen LogP contribution < -0.4 is 5.73 Å². The van der Waals surface area contributed by atoms with Crippen LogP contribution in [0, 0.1) is 6.57 Å². The van der Waals surface area contributed by atoms with Crippen molar-refractivity contribution in [1.82, 2.24) is 0 Å². The molecule has 1 aliphatic rings. The van der Waals surface area contributed by atoms with Gasteiger partial charge in [-0.15, -0.1) is 0 Å². The van der Waals surface area contributed by atoms with Gasteiger partial charge in [-0.2, -0.15) is 0 Å². The summed E-state index contributed by atoms with van der Waals surface area (Å²) < 4.78 is 4.64. The normalized spacial score (nSPS) is 16.2. The summed E-state index contributed by atoms with van der Waals surface area (Å²) >= 11 is 0. The second kappa shape index (κ2) is 3.53. The Balaban J connectivity index is 2.45. The highest BCUT2D eigenvalue weighted by atomic mass is 16.5. The molecule has 1 aromatic carbocycles. The third-order valence-corrected chi connectivity index (χ3v) is 2.93. The van der Waals surface area contributed by atoms with Crippen molar-refractivity contribution in [3.8, 4) is 0 Å². The van der Waals surface area contributed by atoms with Crippen molar-refractivity contribution in [3.05, 3.63) is 40.7 Å². The first-order chi connectivity index (χ1) is 7.63. The molecular formula is C12H12N2O2. The van der Waals surface area contributed by atoms with Crippen LogP contribution in [0.2, 0.25) is 0 Å². The Morgan fingerprint density at radius 1 is 1.56 bits per heavy atom. The highest BCUT2D eigenvalue weighted by Gasteiger charge is 2.52. The van der Waals surface area contributed by atoms with E-state index in [-0.39, 0.29) is 0 Å². The van der Waals surface area contributed by atoms with E-state index in [0.717, 1.165) is 18.4 Å². The van der Waals surface area contributed by atoms with Gasteiger partial charge in [0.1, 0.15) is 0 Å². The molecule has 16 heavy (non-hydrogen) atoms. The summed E-state index contributed by atoms with van der Waals surface area (Å²) in [4.78, 5) is 15.1. The maximum absolute atomic E-state index is 11.4. The Hall–Kier alpha value is -2.02. The van der Waals surface area contributed by atoms with Crippen molar-refractivity contribution in [2.24, 2.45) is 0 Å². The Morgan fingerprint density at radius 2 is 2.25 bits per heavy atom. The fraction of sp³-hybridized carbons (Fsp3) is 0.333. The van der Waals surface area contributed by atoms with Crippen LogP contribution >= 0.6 is 0 Å². The van der Waals surface area contributed by atoms with Crippen molar-refractivity contribution >= 4 is 11.7 Å². The van der Waals surface area contributed by atoms with Gasteiger partial charge in [0.25, 0.3) is 5.54 Å². The number of esters is 1. The molecule has 0 spiro atoms. The number of nitrogens with zero attached hydrogens (tertiary/aromatic N) is 1. The molecule has 1 aliphatic carbocycles. The predicted molar refractivity (Wildman–Crippen MR) is 59.7 cm³/mol. The average molecular weight is 216 g/mol. The van der Waals surface area contributed by atoms with Gasteiger partial charge in [-0.1, -0.05) is 0 Å². The first-order valence-corrected chi connectivity index (χ1v) is 5.00. The molecule has 0 bridgehead atoms. The molecule has 0 radical (unpaired) electrons. The largest absolute Gasteiger partial charge is 0.465 e. The third-order valence-electron chi connectivity index (χ3n) is 2.93. The smallest absolute Gasteiger partial charge is 0.339 e. The maximum Gasteiger partial charge on any atom is 0.339 e. The van der Waals surface area contributed by atoms with E-state index in [0.29, 0.717) is 11.3 Å². The van der Waals surface area contributed by atoms with Gasteiger partial charge >= 0.3 is 5.97 Å². The van der Waals surface area contributed by atoms with Crippen molar-refractivity contribution in [3.63, 3.8) is 0 Å². The van der Waals surface area contributed by atoms with Gasteiger partial charge in [0, 0.05) is 24.1 Å². The van der Waals surface area contributed by atoms with E-state index in [1.807, 2.05) is 6.07 Å². The van der Waals surface area contributed by atoms with Gasteiger partial charge in [-0.25, -0.2) is 11.4 Å². The highest BCUT2D eigenvalue weighted by molar-refractivity contribution is 5.95. The van der Waals surface area contributed by atoms with E-state index < -0.39 is 11.5 Å². The topological polar surface area (TPSA) is 56.7 Å². The van der Waals surface area contributed by atoms with Crippen LogP contribution in [0.4, 0.5) is 5.69 Å². The molecule has 0 aromatic heterocycles. The summed E-state index contributed by atoms with van der Waals surface area (Å²) in [5.41, 5.74) is 6.86. The van der Waals surface area contributed by atoms with Crippen molar-refractivity contribution in [2.75, 3.05) is 12.8 Å². The van der Waals surface area contributed by atoms with E-state index in [9.17, 15) is 4.79 Å². The number of nitrogens with two attached hydrogens (primary N) is 1. The van der Waals surface area contributed by atoms with E-state index >= 15 is 0 Å². The quantitative estimate of drug-likeness (QED) is 0.467. The number of hydrogen-bond acceptors (Lipinski definition) is 3. The number of rotatable bonds is 2. The minimum Gasteiger partial charge on any atom is -0.465 e. The molecule has 0 saturated heterocycles. The molecule has 2 N–H and O–H groups in total. The summed E-state index contributed by atoms with van der Waals surface area (Å²) in [6.45, 7) is 7.16. The monoisotopic (exact) mass is 216 g/mol. The summed E-state index contributed by atoms with van der Waals surface area (Å²) in [7, 11) is 1.32. The summed E-state index contributed by atoms with van der Waals surface area (Å²) in [6.07, 6.45) is 1.70. The molecule has 0 aliphatic heterocycles. The summed E-state index contributed by atoms with van der Waals surface area (Å²) in [6, 6.07) is 5.14. The van der Waals surface area contributed by atoms with Gasteiger partial charge in [0.2, 0.25) is 0 Å². The fourth-order valence-electron chi connectivity index (χ4n) is 1.72. The lowest BCUT2D eigenvalue weighted by molar-refractivity contribution is 0.0602. The van der Waals surface area contributed by atoms with Crippen LogP contribution in [0.3, 0.4) is 0 Å². The number of hydrogen-bond donors (Lipinski definition) is 1. The zero-order chi connectivity index (χ0) is 11.8. The molecule has 1 aromatic rings. The number of methoxy groups -OCH3 is 1. The van der Waals surface area contributed by atoms with Gasteiger partial charge in [-0.3, -0.25) is 0 Å². The molecule has 82 valence electrons. The predicted octanol–water partition coefficient (Wildman–Crippen LogP) is 1.96. The fourth-order valence-corrected chi connectivity index (χ4v) is 1.72. The van der Waals surface area contributed by atoms with E-state index in [1.165, 1.54) is 7.11 Å². The lowest BCUT2D eigenvalue weighted by Gasteiger charge is -2.07. The highest BCUT2D eigenvalue weighted by Crippen LogP contribution is 2.49. The third kappa shape index (κ3) is 1.50. The minimum absolute atomic E-state index is 0.343. The number of carbonyl (C=O) groups is 1. The van der Waals surface area contributed by atoms with Crippen LogP contribution in [0.1, 0.15) is 28.8 Å². The number of carbonyl (C=O) groups excluding carboxylic acids is 1. The minimum atomic E-state index is -0.458. The van der Waals surface area contributed by atoms with Crippen LogP contribution in [-0.4, -0.2) is 13.1 Å². The van der Waals surface area contributed by atoms with E-state index in [4.69, 9.17) is 12.3 Å². The standard InChI is InChI=1S/C12H12N2O2/c1-14-12(5-6-12)8-3-4-10(13)9(7-8)11(15)16-2/h3-4,7H,5-6,13H2,2H3. The number of ether oxygens (including phenoxy) is 1. The molecule has 0 unspecified atom stereocenters. The molecule has 1 fully saturated rings. The Labute approximate surface area is 93.8 Å². The zero-order valence-corrected chi connectivity index (χ0v) is 8.99. The lowest BCUT2D eigenvalue weighted by Crippen LogP contribution is -2.08. The van der Waals surface area contributed by atoms with Crippen molar-refractivity contribution < 1.29 is 9.53 Å². The molecule has 4 heteroatoms. The molecule has 0 atom stereocenters. The number of benzene rings is 1. The SMILES string of the molecule is [C-]#[N+]C1(c2ccc(N)c(C(=O)OC)c2)CC1. The van der Waals surface area contributed by atoms with Crippen LogP contribution in [0.5, 0.6) is 0 Å². The lowest BCUT2D eigenvalue weighted by atomic mass is 10.0. The van der Waals surface area contributed by atoms with Crippen LogP contribution in [0.25, 0.3) is 4.85 Å². The van der Waals surface area contributed by atoms with Crippen molar-refractivity contribution in [1.29, 1.82) is 0 Å². The maximum atomic E-state index is 11.4. The Kier molecular flexibility index (Phi) is 2.31.